The van der Waals surface area contributed by atoms with Crippen LogP contribution in [0.1, 0.15) is 43.0 Å². The van der Waals surface area contributed by atoms with Gasteiger partial charge in [0.1, 0.15) is 0 Å². The number of nitrogens with zero attached hydrogens (tertiary/aromatic N) is 4. The van der Waals surface area contributed by atoms with E-state index in [0.717, 1.165) is 4.52 Å². The average molecular weight is 372 g/mol. The van der Waals surface area contributed by atoms with Crippen molar-refractivity contribution in [3.05, 3.63) is 22.8 Å². The van der Waals surface area contributed by atoms with Gasteiger partial charge in [-0.25, -0.2) is 9.50 Å². The highest BCUT2D eigenvalue weighted by Crippen LogP contribution is 2.27. The van der Waals surface area contributed by atoms with E-state index < -0.39 is 17.9 Å². The molecule has 2 heterocycles. The van der Waals surface area contributed by atoms with Crippen molar-refractivity contribution < 1.29 is 22.8 Å². The van der Waals surface area contributed by atoms with E-state index >= 15 is 0 Å². The lowest BCUT2D eigenvalue weighted by atomic mass is 10.1. The molecule has 26 heavy (non-hydrogen) atoms. The van der Waals surface area contributed by atoms with E-state index in [9.17, 15) is 22.8 Å². The molecule has 11 heteroatoms. The molecule has 2 amide bonds. The first-order valence-electron chi connectivity index (χ1n) is 7.89. The number of alkyl halides is 3. The third-order valence-corrected chi connectivity index (χ3v) is 3.75. The third-order valence-electron chi connectivity index (χ3n) is 3.75. The van der Waals surface area contributed by atoms with Crippen LogP contribution < -0.4 is 10.9 Å². The van der Waals surface area contributed by atoms with Crippen LogP contribution >= 0.6 is 0 Å². The number of halogens is 3. The second-order valence-corrected chi connectivity index (χ2v) is 6.10. The van der Waals surface area contributed by atoms with Gasteiger partial charge in [0.25, 0.3) is 11.6 Å². The van der Waals surface area contributed by atoms with Crippen LogP contribution in [0.15, 0.2) is 0 Å². The summed E-state index contributed by atoms with van der Waals surface area (Å²) in [6.45, 7) is 6.58. The van der Waals surface area contributed by atoms with E-state index in [-0.39, 0.29) is 30.4 Å². The molecular weight excluding hydrogens is 353 g/mol. The lowest BCUT2D eigenvalue weighted by Crippen LogP contribution is -2.43. The molecule has 0 aromatic carbocycles. The van der Waals surface area contributed by atoms with Crippen molar-refractivity contribution in [3.63, 3.8) is 0 Å². The van der Waals surface area contributed by atoms with Gasteiger partial charge in [-0.2, -0.15) is 18.2 Å². The number of carbonyl (C=O) groups is 2. The minimum absolute atomic E-state index is 0.0219. The van der Waals surface area contributed by atoms with E-state index in [0.29, 0.717) is 17.0 Å². The van der Waals surface area contributed by atoms with Crippen molar-refractivity contribution in [1.82, 2.24) is 30.4 Å². The molecule has 2 aromatic rings. The molecule has 142 valence electrons. The summed E-state index contributed by atoms with van der Waals surface area (Å²) in [7, 11) is 0. The Kier molecular flexibility index (Phi) is 5.47. The van der Waals surface area contributed by atoms with Crippen LogP contribution in [0.2, 0.25) is 0 Å². The molecule has 0 saturated heterocycles. The maximum Gasteiger partial charge on any atom is 0.453 e. The Morgan fingerprint density at radius 3 is 2.38 bits per heavy atom. The van der Waals surface area contributed by atoms with Gasteiger partial charge in [0.2, 0.25) is 11.8 Å². The minimum atomic E-state index is -4.66. The molecule has 0 aliphatic heterocycles. The van der Waals surface area contributed by atoms with E-state index in [1.807, 2.05) is 0 Å². The van der Waals surface area contributed by atoms with Gasteiger partial charge in [0.15, 0.2) is 0 Å². The van der Waals surface area contributed by atoms with Crippen LogP contribution in [0, 0.1) is 19.8 Å². The van der Waals surface area contributed by atoms with Gasteiger partial charge in [-0.3, -0.25) is 20.4 Å². The molecule has 2 N–H and O–H groups in total. The van der Waals surface area contributed by atoms with Gasteiger partial charge in [0, 0.05) is 23.7 Å². The van der Waals surface area contributed by atoms with Crippen molar-refractivity contribution in [3.8, 4) is 0 Å². The molecule has 0 atom stereocenters. The number of carbonyl (C=O) groups excluding carboxylic acids is 2. The molecule has 0 bridgehead atoms. The van der Waals surface area contributed by atoms with Crippen molar-refractivity contribution in [2.75, 3.05) is 0 Å². The highest BCUT2D eigenvalue weighted by Gasteiger charge is 2.36. The minimum Gasteiger partial charge on any atom is -0.273 e. The highest BCUT2D eigenvalue weighted by atomic mass is 19.4. The summed E-state index contributed by atoms with van der Waals surface area (Å²) in [4.78, 5) is 30.7. The Morgan fingerprint density at radius 1 is 1.15 bits per heavy atom. The molecule has 8 nitrogen and oxygen atoms in total. The van der Waals surface area contributed by atoms with Crippen LogP contribution in [0.25, 0.3) is 5.78 Å². The molecule has 0 fully saturated rings. The van der Waals surface area contributed by atoms with Crippen LogP contribution in [0.3, 0.4) is 0 Å². The standard InChI is InChI=1S/C15H19F3N6O2/c1-7(2)12(26)22-21-11(25)6-5-10-8(3)19-14-20-13(15(16,17)18)23-24(14)9(10)4/h7H,5-6H2,1-4H3,(H,21,25)(H,22,26). The molecule has 0 unspecified atom stereocenters. The van der Waals surface area contributed by atoms with Crippen LogP contribution in [0.5, 0.6) is 0 Å². The number of aryl methyl sites for hydroxylation is 2. The summed E-state index contributed by atoms with van der Waals surface area (Å²) in [5.41, 5.74) is 6.07. The highest BCUT2D eigenvalue weighted by molar-refractivity contribution is 5.83. The second-order valence-electron chi connectivity index (χ2n) is 6.10. The SMILES string of the molecule is Cc1nc2nc(C(F)(F)F)nn2c(C)c1CCC(=O)NNC(=O)C(C)C. The number of rotatable bonds is 4. The van der Waals surface area contributed by atoms with E-state index in [1.165, 1.54) is 0 Å². The van der Waals surface area contributed by atoms with Gasteiger partial charge >= 0.3 is 6.18 Å². The molecule has 2 rings (SSSR count). The quantitative estimate of drug-likeness (QED) is 0.792. The van der Waals surface area contributed by atoms with Gasteiger partial charge in [0.05, 0.1) is 0 Å². The zero-order valence-electron chi connectivity index (χ0n) is 14.7. The summed E-state index contributed by atoms with van der Waals surface area (Å²) in [5, 5.41) is 3.45. The summed E-state index contributed by atoms with van der Waals surface area (Å²) in [6, 6.07) is 0. The van der Waals surface area contributed by atoms with Crippen molar-refractivity contribution in [1.29, 1.82) is 0 Å². The maximum absolute atomic E-state index is 12.8. The summed E-state index contributed by atoms with van der Waals surface area (Å²) < 4.78 is 39.3. The molecule has 0 aliphatic carbocycles. The summed E-state index contributed by atoms with van der Waals surface area (Å²) >= 11 is 0. The number of nitrogens with one attached hydrogen (secondary N) is 2. The largest absolute Gasteiger partial charge is 0.453 e. The molecule has 0 aliphatic rings. The lowest BCUT2D eigenvalue weighted by Gasteiger charge is -2.11. The zero-order chi connectivity index (χ0) is 19.6. The Morgan fingerprint density at radius 2 is 1.81 bits per heavy atom. The smallest absolute Gasteiger partial charge is 0.273 e. The molecule has 0 radical (unpaired) electrons. The first kappa shape index (κ1) is 19.6. The molecule has 0 spiro atoms. The summed E-state index contributed by atoms with van der Waals surface area (Å²) in [6.07, 6.45) is -4.41. The fourth-order valence-electron chi connectivity index (χ4n) is 2.27. The molecule has 2 aromatic heterocycles. The fourth-order valence-corrected chi connectivity index (χ4v) is 2.27. The number of hydrogen-bond donors (Lipinski definition) is 2. The second kappa shape index (κ2) is 7.26. The van der Waals surface area contributed by atoms with Crippen LogP contribution in [-0.4, -0.2) is 31.4 Å². The van der Waals surface area contributed by atoms with Gasteiger partial charge in [-0.1, -0.05) is 13.8 Å². The first-order chi connectivity index (χ1) is 12.0. The zero-order valence-corrected chi connectivity index (χ0v) is 14.7. The third kappa shape index (κ3) is 4.27. The number of hydrogen-bond acceptors (Lipinski definition) is 5. The topological polar surface area (TPSA) is 101 Å². The normalized spacial score (nSPS) is 11.8. The Labute approximate surface area is 147 Å². The average Bonchev–Trinajstić information content (AvgIpc) is 2.96. The van der Waals surface area contributed by atoms with Gasteiger partial charge in [-0.15, -0.1) is 5.10 Å². The Bertz CT molecular complexity index is 844. The molecule has 0 saturated carbocycles. The van der Waals surface area contributed by atoms with E-state index in [1.54, 1.807) is 27.7 Å². The first-order valence-corrected chi connectivity index (χ1v) is 7.89. The van der Waals surface area contributed by atoms with Gasteiger partial charge < -0.3 is 0 Å². The number of aromatic nitrogens is 4. The van der Waals surface area contributed by atoms with Gasteiger partial charge in [-0.05, 0) is 25.8 Å². The molecular formula is C15H19F3N6O2. The number of fused-ring (bicyclic) bond motifs is 1. The predicted octanol–water partition coefficient (Wildman–Crippen LogP) is 1.50. The van der Waals surface area contributed by atoms with Crippen LogP contribution in [0.4, 0.5) is 13.2 Å². The van der Waals surface area contributed by atoms with Crippen molar-refractivity contribution in [2.45, 2.75) is 46.7 Å². The Hall–Kier alpha value is -2.72. The van der Waals surface area contributed by atoms with Crippen molar-refractivity contribution >= 4 is 17.6 Å². The number of hydrazine groups is 1. The lowest BCUT2D eigenvalue weighted by molar-refractivity contribution is -0.144. The van der Waals surface area contributed by atoms with E-state index in [2.05, 4.69) is 25.9 Å². The Balaban J connectivity index is 2.14. The summed E-state index contributed by atoms with van der Waals surface area (Å²) in [5.74, 6) is -2.44. The van der Waals surface area contributed by atoms with Crippen molar-refractivity contribution in [2.24, 2.45) is 5.92 Å². The van der Waals surface area contributed by atoms with E-state index in [4.69, 9.17) is 0 Å². The van der Waals surface area contributed by atoms with Crippen LogP contribution in [-0.2, 0) is 22.2 Å². The monoisotopic (exact) mass is 372 g/mol. The predicted molar refractivity (Wildman–Crippen MR) is 84.7 cm³/mol. The maximum atomic E-state index is 12.8. The fraction of sp³-hybridized carbons (Fsp3) is 0.533. The number of amides is 2.